The van der Waals surface area contributed by atoms with E-state index < -0.39 is 0 Å². The van der Waals surface area contributed by atoms with Crippen molar-refractivity contribution in [1.82, 2.24) is 9.88 Å². The molecule has 0 spiro atoms. The van der Waals surface area contributed by atoms with E-state index in [0.29, 0.717) is 11.4 Å². The van der Waals surface area contributed by atoms with Crippen molar-refractivity contribution in [3.05, 3.63) is 70.4 Å². The molecule has 0 fully saturated rings. The van der Waals surface area contributed by atoms with Gasteiger partial charge in [0, 0.05) is 34.6 Å². The fourth-order valence-electron chi connectivity index (χ4n) is 3.86. The van der Waals surface area contributed by atoms with Crippen molar-refractivity contribution in [2.75, 3.05) is 6.54 Å². The smallest absolute Gasteiger partial charge is 0.223 e. The van der Waals surface area contributed by atoms with Gasteiger partial charge in [0.25, 0.3) is 0 Å². The van der Waals surface area contributed by atoms with Crippen LogP contribution in [0.2, 0.25) is 5.02 Å². The third-order valence-corrected chi connectivity index (χ3v) is 5.26. The van der Waals surface area contributed by atoms with Gasteiger partial charge in [-0.05, 0) is 42.2 Å². The van der Waals surface area contributed by atoms with E-state index in [1.165, 1.54) is 10.9 Å². The molecule has 4 heteroatoms. The highest BCUT2D eigenvalue weighted by molar-refractivity contribution is 6.30. The SMILES string of the molecule is CCCC(=O)N1CCc2c([nH]c3ccccc23)[C@H]1c1ccc(Cl)cc1. The maximum absolute atomic E-state index is 12.8. The number of carbonyl (C=O) groups is 1. The zero-order chi connectivity index (χ0) is 17.4. The molecule has 0 saturated heterocycles. The van der Waals surface area contributed by atoms with E-state index in [4.69, 9.17) is 11.6 Å². The Bertz CT molecular complexity index is 913. The number of fused-ring (bicyclic) bond motifs is 3. The quantitative estimate of drug-likeness (QED) is 0.699. The van der Waals surface area contributed by atoms with E-state index in [0.717, 1.165) is 36.2 Å². The van der Waals surface area contributed by atoms with Crippen LogP contribution < -0.4 is 0 Å². The Labute approximate surface area is 152 Å². The van der Waals surface area contributed by atoms with Gasteiger partial charge in [0.15, 0.2) is 0 Å². The molecule has 1 aliphatic heterocycles. The first kappa shape index (κ1) is 16.2. The van der Waals surface area contributed by atoms with Crippen LogP contribution in [-0.4, -0.2) is 22.3 Å². The first-order chi connectivity index (χ1) is 12.2. The van der Waals surface area contributed by atoms with Crippen LogP contribution in [0, 0.1) is 0 Å². The van der Waals surface area contributed by atoms with Gasteiger partial charge in [-0.3, -0.25) is 4.79 Å². The maximum Gasteiger partial charge on any atom is 0.223 e. The van der Waals surface area contributed by atoms with Gasteiger partial charge in [0.05, 0.1) is 6.04 Å². The van der Waals surface area contributed by atoms with Crippen molar-refractivity contribution >= 4 is 28.4 Å². The van der Waals surface area contributed by atoms with E-state index in [1.54, 1.807) is 0 Å². The summed E-state index contributed by atoms with van der Waals surface area (Å²) < 4.78 is 0. The highest BCUT2D eigenvalue weighted by Crippen LogP contribution is 2.38. The molecule has 0 aliphatic carbocycles. The van der Waals surface area contributed by atoms with Gasteiger partial charge in [0.2, 0.25) is 5.91 Å². The number of para-hydroxylation sites is 1. The Morgan fingerprint density at radius 3 is 2.72 bits per heavy atom. The van der Waals surface area contributed by atoms with E-state index in [-0.39, 0.29) is 11.9 Å². The average Bonchev–Trinajstić information content (AvgIpc) is 3.00. The molecule has 1 aliphatic rings. The number of aromatic nitrogens is 1. The topological polar surface area (TPSA) is 36.1 Å². The summed E-state index contributed by atoms with van der Waals surface area (Å²) in [6.45, 7) is 2.80. The average molecular weight is 353 g/mol. The summed E-state index contributed by atoms with van der Waals surface area (Å²) in [6, 6.07) is 16.2. The molecule has 128 valence electrons. The largest absolute Gasteiger partial charge is 0.356 e. The lowest BCUT2D eigenvalue weighted by Gasteiger charge is -2.36. The fourth-order valence-corrected chi connectivity index (χ4v) is 3.98. The molecule has 3 nitrogen and oxygen atoms in total. The molecule has 1 N–H and O–H groups in total. The molecular weight excluding hydrogens is 332 g/mol. The Kier molecular flexibility index (Phi) is 4.26. The van der Waals surface area contributed by atoms with Crippen molar-refractivity contribution in [2.45, 2.75) is 32.2 Å². The molecular formula is C21H21ClN2O. The first-order valence-corrected chi connectivity index (χ1v) is 9.21. The molecule has 25 heavy (non-hydrogen) atoms. The number of amides is 1. The molecule has 3 aromatic rings. The Balaban J connectivity index is 1.87. The van der Waals surface area contributed by atoms with Crippen LogP contribution in [-0.2, 0) is 11.2 Å². The Morgan fingerprint density at radius 2 is 1.96 bits per heavy atom. The Morgan fingerprint density at radius 1 is 1.20 bits per heavy atom. The lowest BCUT2D eigenvalue weighted by molar-refractivity contribution is -0.133. The predicted octanol–water partition coefficient (Wildman–Crippen LogP) is 5.10. The second-order valence-electron chi connectivity index (χ2n) is 6.60. The Hall–Kier alpha value is -2.26. The summed E-state index contributed by atoms with van der Waals surface area (Å²) in [4.78, 5) is 18.4. The number of benzene rings is 2. The van der Waals surface area contributed by atoms with Gasteiger partial charge < -0.3 is 9.88 Å². The van der Waals surface area contributed by atoms with Crippen LogP contribution in [0.25, 0.3) is 10.9 Å². The van der Waals surface area contributed by atoms with Crippen LogP contribution in [0.1, 0.15) is 42.6 Å². The van der Waals surface area contributed by atoms with Crippen molar-refractivity contribution in [3.8, 4) is 0 Å². The number of nitrogens with one attached hydrogen (secondary N) is 1. The number of H-pyrrole nitrogens is 1. The van der Waals surface area contributed by atoms with Crippen molar-refractivity contribution < 1.29 is 4.79 Å². The zero-order valence-electron chi connectivity index (χ0n) is 14.3. The van der Waals surface area contributed by atoms with Crippen LogP contribution in [0.4, 0.5) is 0 Å². The van der Waals surface area contributed by atoms with Crippen LogP contribution in [0.15, 0.2) is 48.5 Å². The molecule has 0 bridgehead atoms. The standard InChI is InChI=1S/C21H21ClN2O/c1-2-5-19(25)24-13-12-17-16-6-3-4-7-18(16)23-20(17)21(24)14-8-10-15(22)11-9-14/h3-4,6-11,21,23H,2,5,12-13H2,1H3/t21-/m1/s1. The molecule has 1 atom stereocenters. The summed E-state index contributed by atoms with van der Waals surface area (Å²) in [7, 11) is 0. The highest BCUT2D eigenvalue weighted by atomic mass is 35.5. The van der Waals surface area contributed by atoms with Crippen molar-refractivity contribution in [1.29, 1.82) is 0 Å². The van der Waals surface area contributed by atoms with E-state index in [9.17, 15) is 4.79 Å². The number of nitrogens with zero attached hydrogens (tertiary/aromatic N) is 1. The summed E-state index contributed by atoms with van der Waals surface area (Å²) >= 11 is 6.08. The summed E-state index contributed by atoms with van der Waals surface area (Å²) in [5.41, 5.74) is 4.70. The lowest BCUT2D eigenvalue weighted by Crippen LogP contribution is -2.40. The molecule has 1 amide bonds. The molecule has 0 saturated carbocycles. The number of carbonyl (C=O) groups excluding carboxylic acids is 1. The molecule has 0 unspecified atom stereocenters. The second kappa shape index (κ2) is 6.57. The van der Waals surface area contributed by atoms with E-state index >= 15 is 0 Å². The van der Waals surface area contributed by atoms with Crippen LogP contribution in [0.5, 0.6) is 0 Å². The number of halogens is 1. The normalized spacial score (nSPS) is 16.9. The number of aromatic amines is 1. The fraction of sp³-hybridized carbons (Fsp3) is 0.286. The number of hydrogen-bond acceptors (Lipinski definition) is 1. The van der Waals surface area contributed by atoms with Gasteiger partial charge in [-0.15, -0.1) is 0 Å². The highest BCUT2D eigenvalue weighted by Gasteiger charge is 2.33. The summed E-state index contributed by atoms with van der Waals surface area (Å²) in [5, 5.41) is 1.97. The first-order valence-electron chi connectivity index (χ1n) is 8.83. The van der Waals surface area contributed by atoms with Crippen LogP contribution in [0.3, 0.4) is 0 Å². The van der Waals surface area contributed by atoms with Gasteiger partial charge in [-0.25, -0.2) is 0 Å². The van der Waals surface area contributed by atoms with E-state index in [1.807, 2.05) is 42.2 Å². The molecule has 1 aromatic heterocycles. The molecule has 2 aromatic carbocycles. The summed E-state index contributed by atoms with van der Waals surface area (Å²) in [6.07, 6.45) is 2.33. The minimum Gasteiger partial charge on any atom is -0.356 e. The zero-order valence-corrected chi connectivity index (χ0v) is 15.0. The lowest BCUT2D eigenvalue weighted by atomic mass is 9.92. The predicted molar refractivity (Wildman–Crippen MR) is 102 cm³/mol. The minimum atomic E-state index is -0.0764. The third kappa shape index (κ3) is 2.83. The van der Waals surface area contributed by atoms with Gasteiger partial charge >= 0.3 is 0 Å². The van der Waals surface area contributed by atoms with Crippen molar-refractivity contribution in [3.63, 3.8) is 0 Å². The molecule has 4 rings (SSSR count). The minimum absolute atomic E-state index is 0.0764. The monoisotopic (exact) mass is 352 g/mol. The third-order valence-electron chi connectivity index (χ3n) is 5.00. The van der Waals surface area contributed by atoms with E-state index in [2.05, 4.69) is 23.2 Å². The van der Waals surface area contributed by atoms with Gasteiger partial charge in [0.1, 0.15) is 0 Å². The second-order valence-corrected chi connectivity index (χ2v) is 7.04. The summed E-state index contributed by atoms with van der Waals surface area (Å²) in [5.74, 6) is 0.215. The molecule has 2 heterocycles. The molecule has 0 radical (unpaired) electrons. The van der Waals surface area contributed by atoms with Gasteiger partial charge in [-0.2, -0.15) is 0 Å². The van der Waals surface area contributed by atoms with Gasteiger partial charge in [-0.1, -0.05) is 48.9 Å². The van der Waals surface area contributed by atoms with Crippen molar-refractivity contribution in [2.24, 2.45) is 0 Å². The number of hydrogen-bond donors (Lipinski definition) is 1. The van der Waals surface area contributed by atoms with Crippen LogP contribution >= 0.6 is 11.6 Å². The number of rotatable bonds is 3. The maximum atomic E-state index is 12.8.